The second-order valence-electron chi connectivity index (χ2n) is 5.47. The summed E-state index contributed by atoms with van der Waals surface area (Å²) in [7, 11) is 0. The molecular formula is C15H17BrF2N4O. The molecular weight excluding hydrogens is 370 g/mol. The number of halogens is 3. The Balaban J connectivity index is 1.87. The third-order valence-corrected chi connectivity index (χ3v) is 4.23. The van der Waals surface area contributed by atoms with E-state index in [1.54, 1.807) is 12.3 Å². The molecule has 1 aliphatic heterocycles. The molecule has 0 saturated carbocycles. The number of amides is 1. The van der Waals surface area contributed by atoms with Gasteiger partial charge in [-0.25, -0.2) is 13.8 Å². The molecule has 2 rings (SSSR count). The lowest BCUT2D eigenvalue weighted by molar-refractivity contribution is -0.122. The van der Waals surface area contributed by atoms with Crippen molar-refractivity contribution in [1.29, 1.82) is 5.26 Å². The molecule has 1 N–H and O–H groups in total. The van der Waals surface area contributed by atoms with Gasteiger partial charge in [-0.05, 0) is 40.8 Å². The van der Waals surface area contributed by atoms with Crippen molar-refractivity contribution in [2.24, 2.45) is 5.92 Å². The topological polar surface area (TPSA) is 69.0 Å². The lowest BCUT2D eigenvalue weighted by Gasteiger charge is -2.33. The first-order valence-electron chi connectivity index (χ1n) is 7.35. The molecule has 1 amide bonds. The standard InChI is InChI=1S/C15H17BrF2N4O/c16-12-6-11(7-19)15(21-8-12)22-3-1-10(2-4-22)5-14(23)20-9-13(17)18/h6,8,10,13H,1-5,9H2,(H,20,23). The summed E-state index contributed by atoms with van der Waals surface area (Å²) in [5.41, 5.74) is 0.507. The number of hydrogen-bond acceptors (Lipinski definition) is 4. The minimum atomic E-state index is -2.52. The number of carbonyl (C=O) groups excluding carboxylic acids is 1. The van der Waals surface area contributed by atoms with Gasteiger partial charge in [0, 0.05) is 30.2 Å². The van der Waals surface area contributed by atoms with Crippen molar-refractivity contribution in [3.63, 3.8) is 0 Å². The molecule has 0 spiro atoms. The smallest absolute Gasteiger partial charge is 0.255 e. The Kier molecular flexibility index (Phi) is 6.28. The highest BCUT2D eigenvalue weighted by molar-refractivity contribution is 9.10. The minimum absolute atomic E-state index is 0.171. The number of nitrogens with zero attached hydrogens (tertiary/aromatic N) is 3. The summed E-state index contributed by atoms with van der Waals surface area (Å²) in [5, 5.41) is 11.4. The maximum atomic E-state index is 12.1. The van der Waals surface area contributed by atoms with Crippen molar-refractivity contribution in [1.82, 2.24) is 10.3 Å². The average molecular weight is 387 g/mol. The van der Waals surface area contributed by atoms with Gasteiger partial charge in [0.2, 0.25) is 5.91 Å². The van der Waals surface area contributed by atoms with E-state index in [1.807, 2.05) is 4.90 Å². The van der Waals surface area contributed by atoms with Crippen LogP contribution in [0.2, 0.25) is 0 Å². The number of rotatable bonds is 5. The molecule has 124 valence electrons. The van der Waals surface area contributed by atoms with Crippen LogP contribution in [-0.2, 0) is 4.79 Å². The summed E-state index contributed by atoms with van der Waals surface area (Å²) < 4.78 is 24.9. The summed E-state index contributed by atoms with van der Waals surface area (Å²) in [6.07, 6.45) is 0.934. The van der Waals surface area contributed by atoms with Crippen molar-refractivity contribution < 1.29 is 13.6 Å². The van der Waals surface area contributed by atoms with Gasteiger partial charge in [-0.1, -0.05) is 0 Å². The van der Waals surface area contributed by atoms with E-state index in [0.29, 0.717) is 24.5 Å². The largest absolute Gasteiger partial charge is 0.356 e. The van der Waals surface area contributed by atoms with E-state index in [0.717, 1.165) is 17.3 Å². The summed E-state index contributed by atoms with van der Waals surface area (Å²) >= 11 is 3.29. The molecule has 0 unspecified atom stereocenters. The van der Waals surface area contributed by atoms with E-state index in [1.165, 1.54) is 0 Å². The maximum absolute atomic E-state index is 12.1. The molecule has 1 aliphatic rings. The molecule has 0 aromatic carbocycles. The number of nitrogens with one attached hydrogen (secondary N) is 1. The van der Waals surface area contributed by atoms with Gasteiger partial charge in [-0.15, -0.1) is 0 Å². The monoisotopic (exact) mass is 386 g/mol. The predicted octanol–water partition coefficient (Wildman–Crippen LogP) is 2.70. The molecule has 1 aromatic heterocycles. The Bertz CT molecular complexity index is 598. The number of pyridine rings is 1. The van der Waals surface area contributed by atoms with E-state index in [2.05, 4.69) is 32.3 Å². The fraction of sp³-hybridized carbons (Fsp3) is 0.533. The van der Waals surface area contributed by atoms with Gasteiger partial charge >= 0.3 is 0 Å². The van der Waals surface area contributed by atoms with E-state index in [4.69, 9.17) is 0 Å². The van der Waals surface area contributed by atoms with Gasteiger partial charge in [0.15, 0.2) is 0 Å². The van der Waals surface area contributed by atoms with Gasteiger partial charge < -0.3 is 10.2 Å². The van der Waals surface area contributed by atoms with E-state index >= 15 is 0 Å². The molecule has 0 bridgehead atoms. The third kappa shape index (κ3) is 5.13. The van der Waals surface area contributed by atoms with Crippen LogP contribution in [-0.4, -0.2) is 37.0 Å². The molecule has 1 saturated heterocycles. The Hall–Kier alpha value is -1.75. The van der Waals surface area contributed by atoms with Crippen LogP contribution in [0.3, 0.4) is 0 Å². The van der Waals surface area contributed by atoms with Gasteiger partial charge in [0.25, 0.3) is 6.43 Å². The minimum Gasteiger partial charge on any atom is -0.356 e. The van der Waals surface area contributed by atoms with Crippen molar-refractivity contribution >= 4 is 27.7 Å². The van der Waals surface area contributed by atoms with Gasteiger partial charge in [-0.2, -0.15) is 5.26 Å². The molecule has 0 radical (unpaired) electrons. The molecule has 1 fully saturated rings. The summed E-state index contributed by atoms with van der Waals surface area (Å²) in [6.45, 7) is 0.790. The van der Waals surface area contributed by atoms with Crippen LogP contribution < -0.4 is 10.2 Å². The first-order chi connectivity index (χ1) is 11.0. The predicted molar refractivity (Wildman–Crippen MR) is 85.2 cm³/mol. The summed E-state index contributed by atoms with van der Waals surface area (Å²) in [5.74, 6) is 0.490. The van der Waals surface area contributed by atoms with Crippen LogP contribution in [0.25, 0.3) is 0 Å². The van der Waals surface area contributed by atoms with Gasteiger partial charge in [0.1, 0.15) is 11.9 Å². The van der Waals surface area contributed by atoms with Crippen LogP contribution in [0.4, 0.5) is 14.6 Å². The number of carbonyl (C=O) groups is 1. The zero-order valence-corrected chi connectivity index (χ0v) is 14.0. The van der Waals surface area contributed by atoms with Crippen LogP contribution in [0.1, 0.15) is 24.8 Å². The van der Waals surface area contributed by atoms with Gasteiger partial charge in [-0.3, -0.25) is 4.79 Å². The Morgan fingerprint density at radius 2 is 2.22 bits per heavy atom. The Morgan fingerprint density at radius 3 is 2.83 bits per heavy atom. The van der Waals surface area contributed by atoms with Crippen molar-refractivity contribution in [3.05, 3.63) is 22.3 Å². The molecule has 2 heterocycles. The Morgan fingerprint density at radius 1 is 1.52 bits per heavy atom. The average Bonchev–Trinajstić information content (AvgIpc) is 2.53. The maximum Gasteiger partial charge on any atom is 0.255 e. The van der Waals surface area contributed by atoms with Crippen LogP contribution >= 0.6 is 15.9 Å². The summed E-state index contributed by atoms with van der Waals surface area (Å²) in [6, 6.07) is 3.86. The Labute approximate surface area is 141 Å². The highest BCUT2D eigenvalue weighted by Crippen LogP contribution is 2.27. The highest BCUT2D eigenvalue weighted by atomic mass is 79.9. The van der Waals surface area contributed by atoms with E-state index in [9.17, 15) is 18.8 Å². The first kappa shape index (κ1) is 17.6. The lowest BCUT2D eigenvalue weighted by atomic mass is 9.93. The van der Waals surface area contributed by atoms with Gasteiger partial charge in [0.05, 0.1) is 12.1 Å². The quantitative estimate of drug-likeness (QED) is 0.844. The zero-order chi connectivity index (χ0) is 16.8. The molecule has 0 atom stereocenters. The molecule has 23 heavy (non-hydrogen) atoms. The number of aromatic nitrogens is 1. The van der Waals surface area contributed by atoms with Crippen LogP contribution in [0.5, 0.6) is 0 Å². The fourth-order valence-electron chi connectivity index (χ4n) is 2.64. The van der Waals surface area contributed by atoms with Crippen molar-refractivity contribution in [3.8, 4) is 6.07 Å². The summed E-state index contributed by atoms with van der Waals surface area (Å²) in [4.78, 5) is 17.9. The normalized spacial score (nSPS) is 15.5. The molecule has 1 aromatic rings. The first-order valence-corrected chi connectivity index (χ1v) is 8.14. The van der Waals surface area contributed by atoms with Crippen LogP contribution in [0, 0.1) is 17.2 Å². The molecule has 0 aliphatic carbocycles. The second-order valence-corrected chi connectivity index (χ2v) is 6.38. The van der Waals surface area contributed by atoms with Crippen molar-refractivity contribution in [2.45, 2.75) is 25.7 Å². The lowest BCUT2D eigenvalue weighted by Crippen LogP contribution is -2.37. The fourth-order valence-corrected chi connectivity index (χ4v) is 2.97. The van der Waals surface area contributed by atoms with Crippen LogP contribution in [0.15, 0.2) is 16.7 Å². The number of hydrogen-bond donors (Lipinski definition) is 1. The number of piperidine rings is 1. The number of anilines is 1. The van der Waals surface area contributed by atoms with Crippen molar-refractivity contribution in [2.75, 3.05) is 24.5 Å². The zero-order valence-electron chi connectivity index (χ0n) is 12.4. The van der Waals surface area contributed by atoms with E-state index < -0.39 is 13.0 Å². The highest BCUT2D eigenvalue weighted by Gasteiger charge is 2.24. The molecule has 8 heteroatoms. The SMILES string of the molecule is N#Cc1cc(Br)cnc1N1CCC(CC(=O)NCC(F)F)CC1. The third-order valence-electron chi connectivity index (χ3n) is 3.80. The number of alkyl halides is 2. The van der Waals surface area contributed by atoms with E-state index in [-0.39, 0.29) is 18.2 Å². The number of nitriles is 1. The molecule has 5 nitrogen and oxygen atoms in total. The second kappa shape index (κ2) is 8.20.